The Hall–Kier alpha value is -3.24. The van der Waals surface area contributed by atoms with Crippen molar-refractivity contribution < 1.29 is 17.6 Å². The lowest BCUT2D eigenvalue weighted by molar-refractivity contribution is -0.705. The monoisotopic (exact) mass is 429 g/mol. The van der Waals surface area contributed by atoms with Gasteiger partial charge in [0.15, 0.2) is 5.13 Å². The van der Waals surface area contributed by atoms with Gasteiger partial charge >= 0.3 is 20.7 Å². The Bertz CT molecular complexity index is 1320. The van der Waals surface area contributed by atoms with Crippen LogP contribution in [0.25, 0.3) is 16.9 Å². The van der Waals surface area contributed by atoms with E-state index in [-0.39, 0.29) is 5.13 Å². The third-order valence-electron chi connectivity index (χ3n) is 4.23. The van der Waals surface area contributed by atoms with Gasteiger partial charge in [0.1, 0.15) is 0 Å². The normalized spacial score (nSPS) is 11.5. The molecule has 0 atom stereocenters. The summed E-state index contributed by atoms with van der Waals surface area (Å²) in [5.74, 6) is 0. The zero-order valence-electron chi connectivity index (χ0n) is 15.5. The zero-order chi connectivity index (χ0) is 20.6. The molecule has 2 aromatic carbocycles. The maximum absolute atomic E-state index is 12.9. The number of nitrogens with zero attached hydrogens (tertiary/aromatic N) is 2. The molecule has 4 aromatic rings. The number of benzene rings is 2. The Labute approximate surface area is 170 Å². The summed E-state index contributed by atoms with van der Waals surface area (Å²) in [4.78, 5) is 16.4. The number of nitrogens with one attached hydrogen (secondary N) is 2. The number of rotatable bonds is 5. The number of hydrogen-bond donors (Lipinski definition) is 2. The largest absolute Gasteiger partial charge is 0.449 e. The molecule has 0 saturated heterocycles. The van der Waals surface area contributed by atoms with E-state index >= 15 is 0 Å². The van der Waals surface area contributed by atoms with E-state index in [1.807, 2.05) is 38.1 Å². The van der Waals surface area contributed by atoms with Crippen molar-refractivity contribution >= 4 is 26.5 Å². The molecule has 2 aromatic heterocycles. The lowest BCUT2D eigenvalue weighted by Crippen LogP contribution is -2.42. The molecule has 4 rings (SSSR count). The van der Waals surface area contributed by atoms with Crippen molar-refractivity contribution in [1.29, 1.82) is 0 Å². The average molecular weight is 430 g/mol. The number of aromatic nitrogens is 3. The second-order valence-electron chi connectivity index (χ2n) is 6.47. The molecule has 0 spiro atoms. The van der Waals surface area contributed by atoms with Gasteiger partial charge in [0.25, 0.3) is 0 Å². The molecule has 0 bridgehead atoms. The van der Waals surface area contributed by atoms with Crippen LogP contribution in [0.1, 0.15) is 11.1 Å². The topological polar surface area (TPSA) is 109 Å². The average Bonchev–Trinajstić information content (AvgIpc) is 3.29. The van der Waals surface area contributed by atoms with Crippen LogP contribution in [0.2, 0.25) is 0 Å². The van der Waals surface area contributed by atoms with Gasteiger partial charge in [0.05, 0.1) is 5.69 Å². The minimum atomic E-state index is -4.24. The van der Waals surface area contributed by atoms with E-state index in [0.717, 1.165) is 32.7 Å². The minimum Gasteiger partial charge on any atom is -0.281 e. The van der Waals surface area contributed by atoms with Crippen LogP contribution in [0, 0.1) is 13.8 Å². The number of thiazole rings is 1. The molecule has 8 nitrogen and oxygen atoms in total. The summed E-state index contributed by atoms with van der Waals surface area (Å²) in [5, 5.41) is 3.67. The van der Waals surface area contributed by atoms with Gasteiger partial charge < -0.3 is 0 Å². The van der Waals surface area contributed by atoms with E-state index in [1.165, 1.54) is 0 Å². The predicted octanol–water partition coefficient (Wildman–Crippen LogP) is 2.79. The molecule has 0 aliphatic rings. The van der Waals surface area contributed by atoms with Gasteiger partial charge in [-0.2, -0.15) is 8.42 Å². The summed E-state index contributed by atoms with van der Waals surface area (Å²) in [6.07, 6.45) is 0. The molecule has 0 fully saturated rings. The summed E-state index contributed by atoms with van der Waals surface area (Å²) in [5.41, 5.74) is 3.06. The highest BCUT2D eigenvalue weighted by atomic mass is 32.2. The van der Waals surface area contributed by atoms with Crippen molar-refractivity contribution in [1.82, 2.24) is 10.3 Å². The molecule has 10 heteroatoms. The SMILES string of the molecule is Cc1ccc(-c2csc(NS(=O)(=O)c3c(=O)o[nH][n+]3-c3ccc(C)cc3)n2)cc1. The van der Waals surface area contributed by atoms with Crippen LogP contribution in [-0.2, 0) is 10.0 Å². The van der Waals surface area contributed by atoms with Crippen molar-refractivity contribution in [2.75, 3.05) is 4.72 Å². The number of sulfonamides is 1. The van der Waals surface area contributed by atoms with Gasteiger partial charge in [-0.15, -0.1) is 11.3 Å². The van der Waals surface area contributed by atoms with Gasteiger partial charge in [0, 0.05) is 23.1 Å². The molecular formula is C19H17N4O4S2+. The van der Waals surface area contributed by atoms with Gasteiger partial charge in [-0.1, -0.05) is 47.5 Å². The van der Waals surface area contributed by atoms with E-state index in [4.69, 9.17) is 4.52 Å². The second kappa shape index (κ2) is 7.30. The fraction of sp³-hybridized carbons (Fsp3) is 0.105. The van der Waals surface area contributed by atoms with E-state index < -0.39 is 20.7 Å². The van der Waals surface area contributed by atoms with Crippen molar-refractivity contribution in [2.24, 2.45) is 0 Å². The third-order valence-corrected chi connectivity index (χ3v) is 6.43. The van der Waals surface area contributed by atoms with Crippen LogP contribution in [0.5, 0.6) is 0 Å². The highest BCUT2D eigenvalue weighted by Gasteiger charge is 2.37. The van der Waals surface area contributed by atoms with Crippen molar-refractivity contribution in [3.63, 3.8) is 0 Å². The zero-order valence-corrected chi connectivity index (χ0v) is 17.2. The van der Waals surface area contributed by atoms with Crippen LogP contribution >= 0.6 is 11.3 Å². The van der Waals surface area contributed by atoms with Gasteiger partial charge in [0.2, 0.25) is 5.69 Å². The highest BCUT2D eigenvalue weighted by molar-refractivity contribution is 7.92. The molecule has 0 unspecified atom stereocenters. The number of H-pyrrole nitrogens is 1. The Morgan fingerprint density at radius 2 is 1.66 bits per heavy atom. The van der Waals surface area contributed by atoms with Crippen LogP contribution < -0.4 is 15.0 Å². The van der Waals surface area contributed by atoms with Crippen LogP contribution in [0.4, 0.5) is 5.13 Å². The van der Waals surface area contributed by atoms with E-state index in [2.05, 4.69) is 15.0 Å². The summed E-state index contributed by atoms with van der Waals surface area (Å²) < 4.78 is 34.0. The molecule has 148 valence electrons. The molecule has 0 aliphatic heterocycles. The van der Waals surface area contributed by atoms with Gasteiger partial charge in [-0.25, -0.2) is 14.5 Å². The maximum atomic E-state index is 12.9. The smallest absolute Gasteiger partial charge is 0.281 e. The number of anilines is 1. The van der Waals surface area contributed by atoms with E-state index in [0.29, 0.717) is 11.4 Å². The first-order chi connectivity index (χ1) is 13.8. The number of aromatic amines is 1. The van der Waals surface area contributed by atoms with Crippen molar-refractivity contribution in [2.45, 2.75) is 18.9 Å². The summed E-state index contributed by atoms with van der Waals surface area (Å²) in [6.45, 7) is 3.88. The molecular weight excluding hydrogens is 412 g/mol. The Balaban J connectivity index is 1.67. The predicted molar refractivity (Wildman–Crippen MR) is 109 cm³/mol. The summed E-state index contributed by atoms with van der Waals surface area (Å²) >= 11 is 1.13. The molecule has 0 aliphatic carbocycles. The van der Waals surface area contributed by atoms with Crippen molar-refractivity contribution in [3.8, 4) is 16.9 Å². The third kappa shape index (κ3) is 3.84. The lowest BCUT2D eigenvalue weighted by atomic mass is 10.1. The van der Waals surface area contributed by atoms with Gasteiger partial charge in [-0.3, -0.25) is 4.52 Å². The molecule has 0 amide bonds. The Morgan fingerprint density at radius 3 is 2.31 bits per heavy atom. The quantitative estimate of drug-likeness (QED) is 0.474. The first-order valence-corrected chi connectivity index (χ1v) is 11.0. The standard InChI is InChI=1S/C19H16N4O4S2/c1-12-3-7-14(8-4-12)16-11-28-19(20-16)21-29(25,26)17-18(24)27-22-23(17)15-9-5-13(2)6-10-15/h3-11H,1-2H3,(H-,20,21,22,24)/p+1. The summed E-state index contributed by atoms with van der Waals surface area (Å²) in [6, 6.07) is 14.7. The Morgan fingerprint density at radius 1 is 1.03 bits per heavy atom. The lowest BCUT2D eigenvalue weighted by Gasteiger charge is -2.00. The fourth-order valence-corrected chi connectivity index (χ4v) is 4.80. The molecule has 0 saturated carbocycles. The molecule has 2 heterocycles. The van der Waals surface area contributed by atoms with Crippen molar-refractivity contribution in [3.05, 3.63) is 75.5 Å². The number of aryl methyl sites for hydroxylation is 2. The molecule has 0 radical (unpaired) electrons. The van der Waals surface area contributed by atoms with Gasteiger partial charge in [-0.05, 0) is 23.8 Å². The molecule has 29 heavy (non-hydrogen) atoms. The first kappa shape index (κ1) is 19.1. The minimum absolute atomic E-state index is 0.150. The van der Waals surface area contributed by atoms with Crippen LogP contribution in [-0.4, -0.2) is 18.7 Å². The second-order valence-corrected chi connectivity index (χ2v) is 8.92. The Kier molecular flexibility index (Phi) is 4.81. The fourth-order valence-electron chi connectivity index (χ4n) is 2.70. The van der Waals surface area contributed by atoms with E-state index in [9.17, 15) is 13.2 Å². The van der Waals surface area contributed by atoms with Crippen LogP contribution in [0.15, 0.2) is 68.3 Å². The van der Waals surface area contributed by atoms with E-state index in [1.54, 1.807) is 29.6 Å². The first-order valence-electron chi connectivity index (χ1n) is 8.59. The number of hydrogen-bond acceptors (Lipinski definition) is 6. The molecule has 2 N–H and O–H groups in total. The summed E-state index contributed by atoms with van der Waals surface area (Å²) in [7, 11) is -4.24. The maximum Gasteiger partial charge on any atom is 0.449 e. The highest BCUT2D eigenvalue weighted by Crippen LogP contribution is 2.26. The van der Waals surface area contributed by atoms with Crippen LogP contribution in [0.3, 0.4) is 0 Å².